The third-order valence-electron chi connectivity index (χ3n) is 3.53. The smallest absolute Gasteiger partial charge is 0.119 e. The van der Waals surface area contributed by atoms with Crippen LogP contribution in [0.3, 0.4) is 0 Å². The van der Waals surface area contributed by atoms with E-state index in [-0.39, 0.29) is 6.54 Å². The van der Waals surface area contributed by atoms with E-state index < -0.39 is 5.60 Å². The van der Waals surface area contributed by atoms with Gasteiger partial charge in [-0.05, 0) is 42.7 Å². The molecule has 2 rings (SSSR count). The topological polar surface area (TPSA) is 55.5 Å². The molecule has 0 saturated heterocycles. The number of aliphatic hydroxyl groups is 1. The van der Waals surface area contributed by atoms with E-state index in [1.165, 1.54) is 11.1 Å². The molecule has 3 nitrogen and oxygen atoms in total. The molecule has 1 unspecified atom stereocenters. The third-order valence-corrected chi connectivity index (χ3v) is 3.53. The van der Waals surface area contributed by atoms with Crippen molar-refractivity contribution in [1.29, 1.82) is 0 Å². The second-order valence-electron chi connectivity index (χ2n) is 5.22. The van der Waals surface area contributed by atoms with Gasteiger partial charge in [0.1, 0.15) is 12.4 Å². The van der Waals surface area contributed by atoms with E-state index >= 15 is 0 Å². The molecule has 0 heterocycles. The summed E-state index contributed by atoms with van der Waals surface area (Å²) in [5, 5.41) is 10.1. The molecule has 2 aromatic carbocycles. The summed E-state index contributed by atoms with van der Waals surface area (Å²) < 4.78 is 5.76. The highest BCUT2D eigenvalue weighted by molar-refractivity contribution is 5.31. The Hall–Kier alpha value is -1.84. The van der Waals surface area contributed by atoms with Crippen LogP contribution >= 0.6 is 0 Å². The minimum atomic E-state index is -0.992. The molecule has 1 atom stereocenters. The van der Waals surface area contributed by atoms with Crippen molar-refractivity contribution < 1.29 is 9.84 Å². The zero-order valence-corrected chi connectivity index (χ0v) is 12.0. The monoisotopic (exact) mass is 271 g/mol. The summed E-state index contributed by atoms with van der Waals surface area (Å²) in [5.41, 5.74) is 7.74. The number of ether oxygens (including phenoxy) is 1. The number of hydrogen-bond acceptors (Lipinski definition) is 3. The summed E-state index contributed by atoms with van der Waals surface area (Å²) >= 11 is 0. The van der Waals surface area contributed by atoms with Gasteiger partial charge < -0.3 is 15.6 Å². The molecule has 106 valence electrons. The van der Waals surface area contributed by atoms with Crippen LogP contribution in [0.5, 0.6) is 5.75 Å². The van der Waals surface area contributed by atoms with Crippen molar-refractivity contribution in [2.24, 2.45) is 5.73 Å². The number of benzene rings is 2. The Kier molecular flexibility index (Phi) is 4.42. The molecule has 2 aromatic rings. The standard InChI is InChI=1S/C17H21NO2/c1-13-5-3-4-6-14(13)11-20-16-9-7-15(8-10-16)17(2,19)12-18/h3-10,19H,11-12,18H2,1-2H3. The van der Waals surface area contributed by atoms with Crippen LogP contribution in [0.2, 0.25) is 0 Å². The van der Waals surface area contributed by atoms with E-state index in [9.17, 15) is 5.11 Å². The normalized spacial score (nSPS) is 13.8. The van der Waals surface area contributed by atoms with Crippen molar-refractivity contribution >= 4 is 0 Å². The molecule has 0 bridgehead atoms. The van der Waals surface area contributed by atoms with Gasteiger partial charge in [0.2, 0.25) is 0 Å². The Morgan fingerprint density at radius 3 is 2.35 bits per heavy atom. The lowest BCUT2D eigenvalue weighted by atomic mass is 9.96. The molecule has 0 aliphatic heterocycles. The minimum absolute atomic E-state index is 0.191. The Morgan fingerprint density at radius 1 is 1.10 bits per heavy atom. The van der Waals surface area contributed by atoms with Crippen molar-refractivity contribution in [2.75, 3.05) is 6.54 Å². The zero-order valence-electron chi connectivity index (χ0n) is 12.0. The van der Waals surface area contributed by atoms with Gasteiger partial charge >= 0.3 is 0 Å². The molecule has 0 spiro atoms. The number of hydrogen-bond donors (Lipinski definition) is 2. The van der Waals surface area contributed by atoms with Crippen molar-refractivity contribution in [3.8, 4) is 5.75 Å². The lowest BCUT2D eigenvalue weighted by Gasteiger charge is -2.21. The quantitative estimate of drug-likeness (QED) is 0.879. The maximum Gasteiger partial charge on any atom is 0.119 e. The van der Waals surface area contributed by atoms with Crippen molar-refractivity contribution in [1.82, 2.24) is 0 Å². The van der Waals surface area contributed by atoms with E-state index in [0.29, 0.717) is 6.61 Å². The largest absolute Gasteiger partial charge is 0.489 e. The fourth-order valence-electron chi connectivity index (χ4n) is 1.96. The summed E-state index contributed by atoms with van der Waals surface area (Å²) in [5.74, 6) is 0.782. The number of aryl methyl sites for hydroxylation is 1. The first-order valence-corrected chi connectivity index (χ1v) is 6.73. The van der Waals surface area contributed by atoms with E-state index in [1.54, 1.807) is 6.92 Å². The molecule has 0 aromatic heterocycles. The highest BCUT2D eigenvalue weighted by Crippen LogP contribution is 2.22. The van der Waals surface area contributed by atoms with Gasteiger partial charge in [-0.1, -0.05) is 36.4 Å². The first-order valence-electron chi connectivity index (χ1n) is 6.73. The Labute approximate surface area is 120 Å². The molecule has 0 aliphatic rings. The van der Waals surface area contributed by atoms with E-state index in [2.05, 4.69) is 19.1 Å². The summed E-state index contributed by atoms with van der Waals surface area (Å²) in [4.78, 5) is 0. The van der Waals surface area contributed by atoms with Gasteiger partial charge in [-0.3, -0.25) is 0 Å². The van der Waals surface area contributed by atoms with Crippen molar-refractivity contribution in [2.45, 2.75) is 26.1 Å². The van der Waals surface area contributed by atoms with Gasteiger partial charge in [0.25, 0.3) is 0 Å². The second-order valence-corrected chi connectivity index (χ2v) is 5.22. The molecule has 0 amide bonds. The van der Waals surface area contributed by atoms with E-state index in [4.69, 9.17) is 10.5 Å². The molecule has 0 saturated carbocycles. The number of rotatable bonds is 5. The van der Waals surface area contributed by atoms with Crippen LogP contribution in [-0.2, 0) is 12.2 Å². The molecule has 0 fully saturated rings. The average Bonchev–Trinajstić information content (AvgIpc) is 2.47. The van der Waals surface area contributed by atoms with Gasteiger partial charge in [-0.15, -0.1) is 0 Å². The Morgan fingerprint density at radius 2 is 1.75 bits per heavy atom. The van der Waals surface area contributed by atoms with Crippen LogP contribution < -0.4 is 10.5 Å². The van der Waals surface area contributed by atoms with Gasteiger partial charge in [-0.2, -0.15) is 0 Å². The van der Waals surface area contributed by atoms with Crippen molar-refractivity contribution in [3.63, 3.8) is 0 Å². The van der Waals surface area contributed by atoms with Gasteiger partial charge in [0.15, 0.2) is 0 Å². The second kappa shape index (κ2) is 6.07. The van der Waals surface area contributed by atoms with Gasteiger partial charge in [0, 0.05) is 6.54 Å². The van der Waals surface area contributed by atoms with Crippen molar-refractivity contribution in [3.05, 3.63) is 65.2 Å². The molecular formula is C17H21NO2. The van der Waals surface area contributed by atoms with Gasteiger partial charge in [0.05, 0.1) is 5.60 Å². The third kappa shape index (κ3) is 3.38. The summed E-state index contributed by atoms with van der Waals surface area (Å²) in [6, 6.07) is 15.6. The van der Waals surface area contributed by atoms with Crippen LogP contribution in [0.15, 0.2) is 48.5 Å². The van der Waals surface area contributed by atoms with E-state index in [0.717, 1.165) is 11.3 Å². The van der Waals surface area contributed by atoms with Gasteiger partial charge in [-0.25, -0.2) is 0 Å². The maximum absolute atomic E-state index is 10.1. The molecule has 20 heavy (non-hydrogen) atoms. The average molecular weight is 271 g/mol. The fourth-order valence-corrected chi connectivity index (χ4v) is 1.96. The fraction of sp³-hybridized carbons (Fsp3) is 0.294. The molecular weight excluding hydrogens is 250 g/mol. The van der Waals surface area contributed by atoms with Crippen LogP contribution in [-0.4, -0.2) is 11.7 Å². The lowest BCUT2D eigenvalue weighted by molar-refractivity contribution is 0.0668. The predicted molar refractivity (Wildman–Crippen MR) is 80.6 cm³/mol. The Balaban J connectivity index is 2.03. The number of nitrogens with two attached hydrogens (primary N) is 1. The molecule has 3 heteroatoms. The Bertz CT molecular complexity index is 561. The van der Waals surface area contributed by atoms with Crippen LogP contribution in [0, 0.1) is 6.92 Å². The molecule has 0 aliphatic carbocycles. The molecule has 0 radical (unpaired) electrons. The summed E-state index contributed by atoms with van der Waals surface area (Å²) in [6.07, 6.45) is 0. The minimum Gasteiger partial charge on any atom is -0.489 e. The molecule has 3 N–H and O–H groups in total. The lowest BCUT2D eigenvalue weighted by Crippen LogP contribution is -2.31. The first kappa shape index (κ1) is 14.6. The predicted octanol–water partition coefficient (Wildman–Crippen LogP) is 2.74. The van der Waals surface area contributed by atoms with Crippen LogP contribution in [0.25, 0.3) is 0 Å². The highest BCUT2D eigenvalue weighted by atomic mass is 16.5. The van der Waals surface area contributed by atoms with Crippen LogP contribution in [0.1, 0.15) is 23.6 Å². The first-order chi connectivity index (χ1) is 9.53. The highest BCUT2D eigenvalue weighted by Gasteiger charge is 2.20. The summed E-state index contributed by atoms with van der Waals surface area (Å²) in [6.45, 7) is 4.51. The zero-order chi connectivity index (χ0) is 14.6. The van der Waals surface area contributed by atoms with Crippen LogP contribution in [0.4, 0.5) is 0 Å². The SMILES string of the molecule is Cc1ccccc1COc1ccc(C(C)(O)CN)cc1. The van der Waals surface area contributed by atoms with E-state index in [1.807, 2.05) is 36.4 Å². The maximum atomic E-state index is 10.1. The summed E-state index contributed by atoms with van der Waals surface area (Å²) in [7, 11) is 0.